The highest BCUT2D eigenvalue weighted by Crippen LogP contribution is 2.21. The van der Waals surface area contributed by atoms with E-state index < -0.39 is 5.60 Å². The third-order valence-corrected chi connectivity index (χ3v) is 3.08. The minimum absolute atomic E-state index is 0.165. The number of rotatable bonds is 2. The molecule has 0 bridgehead atoms. The zero-order valence-corrected chi connectivity index (χ0v) is 10.8. The maximum absolute atomic E-state index is 10.4. The molecule has 2 heterocycles. The van der Waals surface area contributed by atoms with Crippen LogP contribution in [0.4, 0.5) is 0 Å². The largest absolute Gasteiger partial charge is 0.389 e. The van der Waals surface area contributed by atoms with Crippen molar-refractivity contribution >= 4 is 0 Å². The van der Waals surface area contributed by atoms with E-state index >= 15 is 0 Å². The predicted octanol–water partition coefficient (Wildman–Crippen LogP) is 0.0851. The molecule has 1 aliphatic heterocycles. The predicted molar refractivity (Wildman–Crippen MR) is 63.6 cm³/mol. The van der Waals surface area contributed by atoms with Crippen LogP contribution in [0.3, 0.4) is 0 Å². The molecule has 0 atom stereocenters. The Bertz CT molecular complexity index is 375. The zero-order valence-electron chi connectivity index (χ0n) is 10.8. The van der Waals surface area contributed by atoms with Gasteiger partial charge >= 0.3 is 0 Å². The molecular formula is C11H21N5O. The van der Waals surface area contributed by atoms with Crippen molar-refractivity contribution in [1.82, 2.24) is 25.5 Å². The average molecular weight is 239 g/mol. The maximum atomic E-state index is 10.4. The van der Waals surface area contributed by atoms with Gasteiger partial charge in [0, 0.05) is 6.42 Å². The minimum Gasteiger partial charge on any atom is -0.389 e. The summed E-state index contributed by atoms with van der Waals surface area (Å²) in [5.74, 6) is 0.629. The summed E-state index contributed by atoms with van der Waals surface area (Å²) >= 11 is 0. The van der Waals surface area contributed by atoms with Crippen molar-refractivity contribution in [2.45, 2.75) is 51.2 Å². The standard InChI is InChI=1S/C11H21N5O/c1-10(2,3)16-14-9(13-15-16)8-11(17)4-6-12-7-5-11/h12,17H,4-8H2,1-3H3. The molecule has 0 saturated carbocycles. The van der Waals surface area contributed by atoms with Gasteiger partial charge in [0.1, 0.15) is 0 Å². The quantitative estimate of drug-likeness (QED) is 0.764. The van der Waals surface area contributed by atoms with E-state index in [1.165, 1.54) is 0 Å². The van der Waals surface area contributed by atoms with Crippen LogP contribution in [-0.4, -0.2) is 44.0 Å². The Labute approximate surface area is 101 Å². The summed E-state index contributed by atoms with van der Waals surface area (Å²) in [5, 5.41) is 26.0. The molecule has 0 radical (unpaired) electrons. The first-order valence-electron chi connectivity index (χ1n) is 6.12. The van der Waals surface area contributed by atoms with E-state index in [0.29, 0.717) is 12.2 Å². The third-order valence-electron chi connectivity index (χ3n) is 3.08. The summed E-state index contributed by atoms with van der Waals surface area (Å²) in [6.45, 7) is 7.78. The molecule has 6 nitrogen and oxygen atoms in total. The molecule has 1 saturated heterocycles. The van der Waals surface area contributed by atoms with E-state index in [0.717, 1.165) is 25.9 Å². The van der Waals surface area contributed by atoms with Crippen LogP contribution < -0.4 is 5.32 Å². The Kier molecular flexibility index (Phi) is 3.18. The summed E-state index contributed by atoms with van der Waals surface area (Å²) in [4.78, 5) is 1.60. The molecule has 0 aliphatic carbocycles. The first kappa shape index (κ1) is 12.4. The molecule has 2 N–H and O–H groups in total. The SMILES string of the molecule is CC(C)(C)n1nnc(CC2(O)CCNCC2)n1. The van der Waals surface area contributed by atoms with Crippen molar-refractivity contribution in [3.05, 3.63) is 5.82 Å². The van der Waals surface area contributed by atoms with Crippen LogP contribution in [0.25, 0.3) is 0 Å². The molecule has 2 rings (SSSR count). The molecule has 0 spiro atoms. The monoisotopic (exact) mass is 239 g/mol. The molecule has 0 aromatic carbocycles. The Hall–Kier alpha value is -1.01. The lowest BCUT2D eigenvalue weighted by Gasteiger charge is -2.31. The highest BCUT2D eigenvalue weighted by Gasteiger charge is 2.31. The van der Waals surface area contributed by atoms with Crippen molar-refractivity contribution in [2.75, 3.05) is 13.1 Å². The van der Waals surface area contributed by atoms with Crippen molar-refractivity contribution in [3.8, 4) is 0 Å². The van der Waals surface area contributed by atoms with Crippen LogP contribution in [0.15, 0.2) is 0 Å². The molecule has 0 amide bonds. The lowest BCUT2D eigenvalue weighted by molar-refractivity contribution is 0.00896. The Morgan fingerprint density at radius 3 is 2.53 bits per heavy atom. The number of hydrogen-bond donors (Lipinski definition) is 2. The van der Waals surface area contributed by atoms with E-state index in [9.17, 15) is 5.11 Å². The molecular weight excluding hydrogens is 218 g/mol. The number of nitrogens with zero attached hydrogens (tertiary/aromatic N) is 4. The Morgan fingerprint density at radius 1 is 1.35 bits per heavy atom. The summed E-state index contributed by atoms with van der Waals surface area (Å²) in [5.41, 5.74) is -0.834. The van der Waals surface area contributed by atoms with E-state index in [1.54, 1.807) is 4.80 Å². The van der Waals surface area contributed by atoms with Crippen LogP contribution >= 0.6 is 0 Å². The summed E-state index contributed by atoms with van der Waals surface area (Å²) < 4.78 is 0. The fraction of sp³-hybridized carbons (Fsp3) is 0.909. The fourth-order valence-electron chi connectivity index (χ4n) is 1.96. The van der Waals surface area contributed by atoms with Gasteiger partial charge in [0.2, 0.25) is 0 Å². The highest BCUT2D eigenvalue weighted by atomic mass is 16.3. The van der Waals surface area contributed by atoms with Gasteiger partial charge in [-0.15, -0.1) is 10.2 Å². The molecule has 6 heteroatoms. The molecule has 1 aromatic rings. The highest BCUT2D eigenvalue weighted by molar-refractivity contribution is 4.94. The van der Waals surface area contributed by atoms with E-state index in [4.69, 9.17) is 0 Å². The Morgan fingerprint density at radius 2 is 2.00 bits per heavy atom. The lowest BCUT2D eigenvalue weighted by Crippen LogP contribution is -2.43. The molecule has 17 heavy (non-hydrogen) atoms. The first-order chi connectivity index (χ1) is 7.89. The molecule has 0 unspecified atom stereocenters. The van der Waals surface area contributed by atoms with Crippen molar-refractivity contribution in [2.24, 2.45) is 0 Å². The third kappa shape index (κ3) is 3.01. The normalized spacial score (nSPS) is 20.5. The summed E-state index contributed by atoms with van der Waals surface area (Å²) in [6.07, 6.45) is 1.98. The van der Waals surface area contributed by atoms with Gasteiger partial charge in [-0.25, -0.2) is 0 Å². The smallest absolute Gasteiger partial charge is 0.177 e. The van der Waals surface area contributed by atoms with Gasteiger partial charge in [-0.2, -0.15) is 4.80 Å². The Balaban J connectivity index is 2.06. The molecule has 1 aromatic heterocycles. The van der Waals surface area contributed by atoms with E-state index in [-0.39, 0.29) is 5.54 Å². The minimum atomic E-state index is -0.670. The second-order valence-corrected chi connectivity index (χ2v) is 5.82. The number of piperidine rings is 1. The van der Waals surface area contributed by atoms with Crippen molar-refractivity contribution in [1.29, 1.82) is 0 Å². The summed E-state index contributed by atoms with van der Waals surface area (Å²) in [6, 6.07) is 0. The van der Waals surface area contributed by atoms with Gasteiger partial charge in [-0.1, -0.05) is 0 Å². The van der Waals surface area contributed by atoms with Gasteiger partial charge in [0.05, 0.1) is 11.1 Å². The summed E-state index contributed by atoms with van der Waals surface area (Å²) in [7, 11) is 0. The van der Waals surface area contributed by atoms with Gasteiger partial charge < -0.3 is 10.4 Å². The van der Waals surface area contributed by atoms with Gasteiger partial charge in [-0.3, -0.25) is 0 Å². The number of aromatic nitrogens is 4. The van der Waals surface area contributed by atoms with Crippen LogP contribution in [0.2, 0.25) is 0 Å². The van der Waals surface area contributed by atoms with E-state index in [2.05, 4.69) is 20.7 Å². The van der Waals surface area contributed by atoms with Crippen molar-refractivity contribution in [3.63, 3.8) is 0 Å². The number of nitrogens with one attached hydrogen (secondary N) is 1. The molecule has 1 aliphatic rings. The van der Waals surface area contributed by atoms with Crippen LogP contribution in [-0.2, 0) is 12.0 Å². The number of tetrazole rings is 1. The van der Waals surface area contributed by atoms with Gasteiger partial charge in [-0.05, 0) is 51.9 Å². The molecule has 96 valence electrons. The lowest BCUT2D eigenvalue weighted by atomic mass is 9.89. The zero-order chi connectivity index (χ0) is 12.5. The van der Waals surface area contributed by atoms with Crippen LogP contribution in [0.5, 0.6) is 0 Å². The number of aliphatic hydroxyl groups is 1. The van der Waals surface area contributed by atoms with Crippen molar-refractivity contribution < 1.29 is 5.11 Å². The van der Waals surface area contributed by atoms with Crippen LogP contribution in [0, 0.1) is 0 Å². The second kappa shape index (κ2) is 4.34. The molecule has 1 fully saturated rings. The van der Waals surface area contributed by atoms with E-state index in [1.807, 2.05) is 20.8 Å². The first-order valence-corrected chi connectivity index (χ1v) is 6.12. The fourth-order valence-corrected chi connectivity index (χ4v) is 1.96. The second-order valence-electron chi connectivity index (χ2n) is 5.82. The van der Waals surface area contributed by atoms with Crippen LogP contribution in [0.1, 0.15) is 39.4 Å². The van der Waals surface area contributed by atoms with Gasteiger partial charge in [0.25, 0.3) is 0 Å². The topological polar surface area (TPSA) is 75.9 Å². The average Bonchev–Trinajstić information content (AvgIpc) is 2.66. The number of hydrogen-bond acceptors (Lipinski definition) is 5. The maximum Gasteiger partial charge on any atom is 0.177 e. The van der Waals surface area contributed by atoms with Gasteiger partial charge in [0.15, 0.2) is 5.82 Å².